The minimum atomic E-state index is -0.563. The summed E-state index contributed by atoms with van der Waals surface area (Å²) in [7, 11) is 0. The second-order valence-electron chi connectivity index (χ2n) is 3.21. The lowest BCUT2D eigenvalue weighted by atomic mass is 10.2. The maximum absolute atomic E-state index is 13.5. The van der Waals surface area contributed by atoms with E-state index in [2.05, 4.69) is 20.9 Å². The molecule has 0 unspecified atom stereocenters. The molecule has 16 heavy (non-hydrogen) atoms. The van der Waals surface area contributed by atoms with Crippen LogP contribution in [-0.4, -0.2) is 9.55 Å². The molecular weight excluding hydrogens is 298 g/mol. The van der Waals surface area contributed by atoms with Crippen molar-refractivity contribution in [3.8, 4) is 0 Å². The Morgan fingerprint density at radius 2 is 2.25 bits per heavy atom. The Hall–Kier alpha value is -0.940. The molecule has 0 radical (unpaired) electrons. The van der Waals surface area contributed by atoms with Gasteiger partial charge in [0.15, 0.2) is 5.82 Å². The molecule has 6 heteroatoms. The second-order valence-corrected chi connectivity index (χ2v) is 4.47. The summed E-state index contributed by atoms with van der Waals surface area (Å²) in [6, 6.07) is 2.79. The van der Waals surface area contributed by atoms with E-state index in [0.29, 0.717) is 11.0 Å². The lowest BCUT2D eigenvalue weighted by Gasteiger charge is -2.07. The summed E-state index contributed by atoms with van der Waals surface area (Å²) in [5.41, 5.74) is -0.333. The number of rotatable bonds is 1. The van der Waals surface area contributed by atoms with Crippen molar-refractivity contribution in [2.24, 2.45) is 0 Å². The molecule has 0 saturated carbocycles. The van der Waals surface area contributed by atoms with Crippen molar-refractivity contribution in [2.45, 2.75) is 13.5 Å². The van der Waals surface area contributed by atoms with Gasteiger partial charge in [-0.2, -0.15) is 0 Å². The van der Waals surface area contributed by atoms with E-state index < -0.39 is 5.82 Å². The molecule has 84 valence electrons. The Morgan fingerprint density at radius 3 is 2.88 bits per heavy atom. The van der Waals surface area contributed by atoms with E-state index in [1.54, 1.807) is 6.92 Å². The van der Waals surface area contributed by atoms with Crippen LogP contribution in [0.4, 0.5) is 4.39 Å². The summed E-state index contributed by atoms with van der Waals surface area (Å²) in [5, 5.41) is 0.222. The van der Waals surface area contributed by atoms with Crippen molar-refractivity contribution >= 4 is 38.4 Å². The lowest BCUT2D eigenvalue weighted by molar-refractivity contribution is 0.632. The summed E-state index contributed by atoms with van der Waals surface area (Å²) in [5.74, 6) is -0.563. The highest BCUT2D eigenvalue weighted by Gasteiger charge is 2.12. The van der Waals surface area contributed by atoms with Gasteiger partial charge in [0.25, 0.3) is 5.56 Å². The SMILES string of the molecule is CCn1c(Cl)nc2c(F)cc(Br)cc2c1=O. The van der Waals surface area contributed by atoms with Crippen LogP contribution in [0.25, 0.3) is 10.9 Å². The van der Waals surface area contributed by atoms with Crippen LogP contribution in [0, 0.1) is 5.82 Å². The van der Waals surface area contributed by atoms with Crippen LogP contribution >= 0.6 is 27.5 Å². The van der Waals surface area contributed by atoms with Crippen molar-refractivity contribution in [3.05, 3.63) is 38.1 Å². The number of hydrogen-bond donors (Lipinski definition) is 0. The summed E-state index contributed by atoms with van der Waals surface area (Å²) in [6.45, 7) is 2.17. The summed E-state index contributed by atoms with van der Waals surface area (Å²) in [4.78, 5) is 15.8. The van der Waals surface area contributed by atoms with E-state index in [0.717, 1.165) is 0 Å². The van der Waals surface area contributed by atoms with Crippen molar-refractivity contribution in [1.29, 1.82) is 0 Å². The van der Waals surface area contributed by atoms with E-state index >= 15 is 0 Å². The molecule has 1 heterocycles. The zero-order chi connectivity index (χ0) is 11.9. The van der Waals surface area contributed by atoms with E-state index in [4.69, 9.17) is 11.6 Å². The first-order valence-corrected chi connectivity index (χ1v) is 5.76. The molecule has 0 fully saturated rings. The van der Waals surface area contributed by atoms with Gasteiger partial charge in [0.1, 0.15) is 5.52 Å². The molecule has 0 spiro atoms. The highest BCUT2D eigenvalue weighted by molar-refractivity contribution is 9.10. The molecule has 0 aliphatic carbocycles. The van der Waals surface area contributed by atoms with E-state index in [1.165, 1.54) is 16.7 Å². The third kappa shape index (κ3) is 1.74. The number of aromatic nitrogens is 2. The lowest BCUT2D eigenvalue weighted by Crippen LogP contribution is -2.21. The molecule has 0 amide bonds. The zero-order valence-electron chi connectivity index (χ0n) is 8.30. The first-order valence-electron chi connectivity index (χ1n) is 4.59. The smallest absolute Gasteiger partial charge is 0.262 e. The number of hydrogen-bond acceptors (Lipinski definition) is 2. The van der Waals surface area contributed by atoms with Crippen LogP contribution in [0.3, 0.4) is 0 Å². The molecule has 0 aliphatic rings. The average Bonchev–Trinajstić information content (AvgIpc) is 2.21. The van der Waals surface area contributed by atoms with Gasteiger partial charge >= 0.3 is 0 Å². The number of nitrogens with zero attached hydrogens (tertiary/aromatic N) is 2. The van der Waals surface area contributed by atoms with Crippen LogP contribution in [0.1, 0.15) is 6.92 Å². The maximum atomic E-state index is 13.5. The quantitative estimate of drug-likeness (QED) is 0.759. The van der Waals surface area contributed by atoms with E-state index in [-0.39, 0.29) is 21.7 Å². The topological polar surface area (TPSA) is 34.9 Å². The van der Waals surface area contributed by atoms with Crippen LogP contribution < -0.4 is 5.56 Å². The van der Waals surface area contributed by atoms with E-state index in [1.807, 2.05) is 0 Å². The number of benzene rings is 1. The molecule has 0 N–H and O–H groups in total. The van der Waals surface area contributed by atoms with Crippen LogP contribution in [-0.2, 0) is 6.54 Å². The van der Waals surface area contributed by atoms with Crippen molar-refractivity contribution in [2.75, 3.05) is 0 Å². The Labute approximate surface area is 104 Å². The van der Waals surface area contributed by atoms with Crippen molar-refractivity contribution in [3.63, 3.8) is 0 Å². The number of halogens is 3. The van der Waals surface area contributed by atoms with Gasteiger partial charge in [-0.3, -0.25) is 9.36 Å². The number of fused-ring (bicyclic) bond motifs is 1. The van der Waals surface area contributed by atoms with Gasteiger partial charge < -0.3 is 0 Å². The van der Waals surface area contributed by atoms with Gasteiger partial charge in [-0.1, -0.05) is 15.9 Å². The van der Waals surface area contributed by atoms with Crippen LogP contribution in [0.5, 0.6) is 0 Å². The molecular formula is C10H7BrClFN2O. The predicted octanol–water partition coefficient (Wildman–Crippen LogP) is 2.97. The first-order chi connectivity index (χ1) is 7.54. The normalized spacial score (nSPS) is 11.0. The maximum Gasteiger partial charge on any atom is 0.262 e. The molecule has 2 rings (SSSR count). The first kappa shape index (κ1) is 11.5. The Morgan fingerprint density at radius 1 is 1.56 bits per heavy atom. The van der Waals surface area contributed by atoms with Crippen LogP contribution in [0.15, 0.2) is 21.4 Å². The van der Waals surface area contributed by atoms with Crippen molar-refractivity contribution in [1.82, 2.24) is 9.55 Å². The van der Waals surface area contributed by atoms with E-state index in [9.17, 15) is 9.18 Å². The van der Waals surface area contributed by atoms with Gasteiger partial charge in [-0.05, 0) is 30.7 Å². The second kappa shape index (κ2) is 4.14. The summed E-state index contributed by atoms with van der Waals surface area (Å²) in [6.07, 6.45) is 0. The van der Waals surface area contributed by atoms with Gasteiger partial charge in [0.05, 0.1) is 5.39 Å². The monoisotopic (exact) mass is 304 g/mol. The molecule has 0 saturated heterocycles. The van der Waals surface area contributed by atoms with Gasteiger partial charge in [-0.25, -0.2) is 9.37 Å². The molecule has 1 aromatic heterocycles. The minimum absolute atomic E-state index is 0.00113. The van der Waals surface area contributed by atoms with Gasteiger partial charge in [-0.15, -0.1) is 0 Å². The molecule has 0 aliphatic heterocycles. The minimum Gasteiger partial charge on any atom is -0.283 e. The Kier molecular flexibility index (Phi) is 2.99. The molecule has 1 aromatic carbocycles. The fraction of sp³-hybridized carbons (Fsp3) is 0.200. The predicted molar refractivity (Wildman–Crippen MR) is 64.3 cm³/mol. The molecule has 0 atom stereocenters. The standard InChI is InChI=1S/C10H7BrClFN2O/c1-2-15-9(16)6-3-5(11)4-7(13)8(6)14-10(15)12/h3-4H,2H2,1H3. The fourth-order valence-corrected chi connectivity index (χ4v) is 2.21. The Balaban J connectivity index is 2.99. The Bertz CT molecular complexity index is 626. The molecule has 0 bridgehead atoms. The third-order valence-corrected chi connectivity index (χ3v) is 2.99. The molecule has 3 nitrogen and oxygen atoms in total. The van der Waals surface area contributed by atoms with Crippen molar-refractivity contribution < 1.29 is 4.39 Å². The van der Waals surface area contributed by atoms with Gasteiger partial charge in [0.2, 0.25) is 5.28 Å². The summed E-state index contributed by atoms with van der Waals surface area (Å²) < 4.78 is 15.3. The van der Waals surface area contributed by atoms with Crippen LogP contribution in [0.2, 0.25) is 5.28 Å². The largest absolute Gasteiger partial charge is 0.283 e. The average molecular weight is 306 g/mol. The zero-order valence-corrected chi connectivity index (χ0v) is 10.6. The van der Waals surface area contributed by atoms with Gasteiger partial charge in [0, 0.05) is 11.0 Å². The summed E-state index contributed by atoms with van der Waals surface area (Å²) >= 11 is 8.93. The fourth-order valence-electron chi connectivity index (χ4n) is 1.50. The molecule has 2 aromatic rings. The highest BCUT2D eigenvalue weighted by atomic mass is 79.9. The third-order valence-electron chi connectivity index (χ3n) is 2.25. The highest BCUT2D eigenvalue weighted by Crippen LogP contribution is 2.20.